The highest BCUT2D eigenvalue weighted by atomic mass is 19.1. The van der Waals surface area contributed by atoms with Gasteiger partial charge < -0.3 is 16.2 Å². The van der Waals surface area contributed by atoms with Crippen molar-refractivity contribution in [2.75, 3.05) is 18.6 Å². The van der Waals surface area contributed by atoms with Crippen LogP contribution < -0.4 is 16.2 Å². The van der Waals surface area contributed by atoms with Crippen molar-refractivity contribution in [3.63, 3.8) is 0 Å². The number of nitrogens with zero attached hydrogens (tertiary/aromatic N) is 1. The van der Waals surface area contributed by atoms with Crippen molar-refractivity contribution >= 4 is 11.4 Å². The standard InChI is InChI=1S/C12H12FN3O/c1-17-9-5-7(4-8(13)6-9)12-11(15)10(14)2-3-16-12/h2-6H,15H2,1H3,(H2,14,16). The first-order valence-corrected chi connectivity index (χ1v) is 4.96. The van der Waals surface area contributed by atoms with Crippen LogP contribution in [0.2, 0.25) is 0 Å². The van der Waals surface area contributed by atoms with Crippen LogP contribution in [-0.2, 0) is 0 Å². The molecule has 0 fully saturated rings. The van der Waals surface area contributed by atoms with Gasteiger partial charge in [0.05, 0.1) is 24.2 Å². The topological polar surface area (TPSA) is 74.2 Å². The Bertz CT molecular complexity index is 557. The van der Waals surface area contributed by atoms with Crippen molar-refractivity contribution in [2.45, 2.75) is 0 Å². The molecule has 0 spiro atoms. The molecule has 88 valence electrons. The second-order valence-electron chi connectivity index (χ2n) is 3.54. The molecule has 4 nitrogen and oxygen atoms in total. The number of hydrogen-bond donors (Lipinski definition) is 2. The molecule has 0 aliphatic rings. The van der Waals surface area contributed by atoms with Crippen LogP contribution in [0.3, 0.4) is 0 Å². The number of ether oxygens (including phenoxy) is 1. The van der Waals surface area contributed by atoms with E-state index in [-0.39, 0.29) is 0 Å². The molecule has 0 radical (unpaired) electrons. The van der Waals surface area contributed by atoms with Crippen LogP contribution in [0, 0.1) is 5.82 Å². The van der Waals surface area contributed by atoms with Crippen LogP contribution in [0.4, 0.5) is 15.8 Å². The normalized spacial score (nSPS) is 10.2. The maximum atomic E-state index is 13.4. The summed E-state index contributed by atoms with van der Waals surface area (Å²) >= 11 is 0. The number of pyridine rings is 1. The van der Waals surface area contributed by atoms with E-state index in [1.807, 2.05) is 0 Å². The summed E-state index contributed by atoms with van der Waals surface area (Å²) in [5.74, 6) is -0.00778. The highest BCUT2D eigenvalue weighted by Crippen LogP contribution is 2.30. The van der Waals surface area contributed by atoms with Crippen LogP contribution in [0.5, 0.6) is 5.75 Å². The molecule has 0 saturated heterocycles. The molecule has 0 saturated carbocycles. The molecule has 5 heteroatoms. The Morgan fingerprint density at radius 2 is 2.00 bits per heavy atom. The number of aromatic nitrogens is 1. The SMILES string of the molecule is COc1cc(F)cc(-c2nccc(N)c2N)c1. The molecule has 0 atom stereocenters. The number of anilines is 2. The largest absolute Gasteiger partial charge is 0.497 e. The predicted octanol–water partition coefficient (Wildman–Crippen LogP) is 2.06. The number of nitrogens with two attached hydrogens (primary N) is 2. The third-order valence-electron chi connectivity index (χ3n) is 2.40. The molecule has 1 aromatic carbocycles. The zero-order valence-corrected chi connectivity index (χ0v) is 9.27. The van der Waals surface area contributed by atoms with Gasteiger partial charge in [-0.25, -0.2) is 4.39 Å². The van der Waals surface area contributed by atoms with Crippen molar-refractivity contribution < 1.29 is 9.13 Å². The predicted molar refractivity (Wildman–Crippen MR) is 65.0 cm³/mol. The quantitative estimate of drug-likeness (QED) is 0.832. The molecular weight excluding hydrogens is 221 g/mol. The van der Waals surface area contributed by atoms with Crippen LogP contribution in [0.15, 0.2) is 30.5 Å². The zero-order chi connectivity index (χ0) is 12.4. The smallest absolute Gasteiger partial charge is 0.127 e. The number of rotatable bonds is 2. The summed E-state index contributed by atoms with van der Waals surface area (Å²) in [6.07, 6.45) is 1.53. The summed E-state index contributed by atoms with van der Waals surface area (Å²) in [6.45, 7) is 0. The molecule has 1 aromatic heterocycles. The van der Waals surface area contributed by atoms with Crippen molar-refractivity contribution in [3.05, 3.63) is 36.3 Å². The second kappa shape index (κ2) is 4.29. The monoisotopic (exact) mass is 233 g/mol. The van der Waals surface area contributed by atoms with E-state index in [0.29, 0.717) is 28.4 Å². The molecule has 17 heavy (non-hydrogen) atoms. The average molecular weight is 233 g/mol. The number of nitrogen functional groups attached to an aromatic ring is 2. The first-order chi connectivity index (χ1) is 8.11. The lowest BCUT2D eigenvalue weighted by atomic mass is 10.1. The first kappa shape index (κ1) is 11.2. The summed E-state index contributed by atoms with van der Waals surface area (Å²) in [7, 11) is 1.47. The Morgan fingerprint density at radius 1 is 1.24 bits per heavy atom. The van der Waals surface area contributed by atoms with E-state index >= 15 is 0 Å². The summed E-state index contributed by atoms with van der Waals surface area (Å²) in [4.78, 5) is 4.10. The average Bonchev–Trinajstić information content (AvgIpc) is 2.31. The third-order valence-corrected chi connectivity index (χ3v) is 2.40. The fourth-order valence-corrected chi connectivity index (χ4v) is 1.54. The maximum Gasteiger partial charge on any atom is 0.127 e. The van der Waals surface area contributed by atoms with Crippen molar-refractivity contribution in [1.29, 1.82) is 0 Å². The van der Waals surface area contributed by atoms with E-state index in [1.165, 1.54) is 25.4 Å². The number of methoxy groups -OCH3 is 1. The number of hydrogen-bond acceptors (Lipinski definition) is 4. The zero-order valence-electron chi connectivity index (χ0n) is 9.27. The Balaban J connectivity index is 2.60. The third kappa shape index (κ3) is 2.13. The van der Waals surface area contributed by atoms with Crippen LogP contribution in [-0.4, -0.2) is 12.1 Å². The Kier molecular flexibility index (Phi) is 2.82. The van der Waals surface area contributed by atoms with Crippen molar-refractivity contribution in [1.82, 2.24) is 4.98 Å². The van der Waals surface area contributed by atoms with Crippen LogP contribution in [0.1, 0.15) is 0 Å². The van der Waals surface area contributed by atoms with E-state index in [0.717, 1.165) is 0 Å². The van der Waals surface area contributed by atoms with Crippen molar-refractivity contribution in [3.8, 4) is 17.0 Å². The fraction of sp³-hybridized carbons (Fsp3) is 0.0833. The van der Waals surface area contributed by atoms with Gasteiger partial charge in [0.15, 0.2) is 0 Å². The Hall–Kier alpha value is -2.30. The summed E-state index contributed by atoms with van der Waals surface area (Å²) < 4.78 is 18.3. The van der Waals surface area contributed by atoms with Gasteiger partial charge in [-0.05, 0) is 18.2 Å². The molecule has 4 N–H and O–H groups in total. The second-order valence-corrected chi connectivity index (χ2v) is 3.54. The highest BCUT2D eigenvalue weighted by Gasteiger charge is 2.09. The van der Waals surface area contributed by atoms with Crippen LogP contribution >= 0.6 is 0 Å². The van der Waals surface area contributed by atoms with Gasteiger partial charge in [0.1, 0.15) is 11.6 Å². The van der Waals surface area contributed by atoms with Gasteiger partial charge in [-0.3, -0.25) is 4.98 Å². The summed E-state index contributed by atoms with van der Waals surface area (Å²) in [5.41, 5.74) is 13.2. The molecule has 0 unspecified atom stereocenters. The molecule has 0 aliphatic heterocycles. The highest BCUT2D eigenvalue weighted by molar-refractivity contribution is 5.81. The minimum atomic E-state index is -0.414. The van der Waals surface area contributed by atoms with Crippen molar-refractivity contribution in [2.24, 2.45) is 0 Å². The molecule has 1 heterocycles. The summed E-state index contributed by atoms with van der Waals surface area (Å²) in [5, 5.41) is 0. The Morgan fingerprint density at radius 3 is 2.71 bits per heavy atom. The van der Waals surface area contributed by atoms with E-state index in [1.54, 1.807) is 12.1 Å². The van der Waals surface area contributed by atoms with Gasteiger partial charge in [0.25, 0.3) is 0 Å². The van der Waals surface area contributed by atoms with Gasteiger partial charge in [0, 0.05) is 17.8 Å². The lowest BCUT2D eigenvalue weighted by molar-refractivity contribution is 0.411. The molecule has 0 bridgehead atoms. The van der Waals surface area contributed by atoms with E-state index in [4.69, 9.17) is 16.2 Å². The minimum Gasteiger partial charge on any atom is -0.497 e. The fourth-order valence-electron chi connectivity index (χ4n) is 1.54. The van der Waals surface area contributed by atoms with Gasteiger partial charge in [0.2, 0.25) is 0 Å². The minimum absolute atomic E-state index is 0.333. The molecule has 0 aliphatic carbocycles. The lowest BCUT2D eigenvalue weighted by Crippen LogP contribution is -1.99. The van der Waals surface area contributed by atoms with Crippen LogP contribution in [0.25, 0.3) is 11.3 Å². The van der Waals surface area contributed by atoms with E-state index < -0.39 is 5.82 Å². The van der Waals surface area contributed by atoms with Gasteiger partial charge >= 0.3 is 0 Å². The number of benzene rings is 1. The molecular formula is C12H12FN3O. The Labute approximate surface area is 98.0 Å². The van der Waals surface area contributed by atoms with Gasteiger partial charge in [-0.2, -0.15) is 0 Å². The van der Waals surface area contributed by atoms with Gasteiger partial charge in [-0.1, -0.05) is 0 Å². The maximum absolute atomic E-state index is 13.4. The van der Waals surface area contributed by atoms with Gasteiger partial charge in [-0.15, -0.1) is 0 Å². The summed E-state index contributed by atoms with van der Waals surface area (Å²) in [6, 6.07) is 5.86. The molecule has 2 rings (SSSR count). The first-order valence-electron chi connectivity index (χ1n) is 4.96. The molecule has 0 amide bonds. The van der Waals surface area contributed by atoms with E-state index in [2.05, 4.69) is 4.98 Å². The molecule has 2 aromatic rings. The van der Waals surface area contributed by atoms with E-state index in [9.17, 15) is 4.39 Å². The number of halogens is 1. The lowest BCUT2D eigenvalue weighted by Gasteiger charge is -2.08.